The highest BCUT2D eigenvalue weighted by atomic mass is 16.4. The molecule has 0 saturated carbocycles. The first-order valence-electron chi connectivity index (χ1n) is 8.93. The van der Waals surface area contributed by atoms with Crippen LogP contribution in [-0.2, 0) is 16.1 Å². The zero-order chi connectivity index (χ0) is 21.1. The summed E-state index contributed by atoms with van der Waals surface area (Å²) in [4.78, 5) is 27.4. The van der Waals surface area contributed by atoms with Gasteiger partial charge in [-0.1, -0.05) is 26.0 Å². The Morgan fingerprint density at radius 2 is 2.07 bits per heavy atom. The third-order valence-electron chi connectivity index (χ3n) is 3.90. The van der Waals surface area contributed by atoms with Gasteiger partial charge in [-0.25, -0.2) is 4.98 Å². The van der Waals surface area contributed by atoms with Crippen molar-refractivity contribution in [3.8, 4) is 0 Å². The summed E-state index contributed by atoms with van der Waals surface area (Å²) in [5, 5.41) is 22.5. The van der Waals surface area contributed by atoms with Gasteiger partial charge in [0.25, 0.3) is 0 Å². The van der Waals surface area contributed by atoms with Crippen molar-refractivity contribution in [2.24, 2.45) is 0 Å². The zero-order valence-electron chi connectivity index (χ0n) is 16.6. The van der Waals surface area contributed by atoms with Crippen LogP contribution in [0.2, 0.25) is 0 Å². The van der Waals surface area contributed by atoms with Gasteiger partial charge in [-0.2, -0.15) is 0 Å². The molecule has 0 aliphatic carbocycles. The molecule has 0 bridgehead atoms. The number of carbonyl (C=O) groups is 2. The zero-order valence-corrected chi connectivity index (χ0v) is 16.6. The summed E-state index contributed by atoms with van der Waals surface area (Å²) < 4.78 is 0. The van der Waals surface area contributed by atoms with Crippen molar-refractivity contribution >= 4 is 35.8 Å². The number of nitrogens with zero attached hydrogens (tertiary/aromatic N) is 2. The van der Waals surface area contributed by atoms with E-state index in [9.17, 15) is 9.59 Å². The minimum absolute atomic E-state index is 0.208. The average Bonchev–Trinajstić information content (AvgIpc) is 2.71. The van der Waals surface area contributed by atoms with Crippen LogP contribution in [0.4, 0.5) is 17.2 Å². The molecule has 1 heterocycles. The summed E-state index contributed by atoms with van der Waals surface area (Å²) in [5.74, 6) is -0.440. The van der Waals surface area contributed by atoms with Crippen LogP contribution in [0.3, 0.4) is 0 Å². The molecular formula is C20H27N5O3. The van der Waals surface area contributed by atoms with Crippen molar-refractivity contribution in [3.63, 3.8) is 0 Å². The van der Waals surface area contributed by atoms with Gasteiger partial charge in [0.2, 0.25) is 6.41 Å². The molecule has 0 atom stereocenters. The van der Waals surface area contributed by atoms with E-state index in [1.54, 1.807) is 19.3 Å². The Hall–Kier alpha value is -3.42. The van der Waals surface area contributed by atoms with Crippen molar-refractivity contribution in [2.75, 3.05) is 24.2 Å². The highest BCUT2D eigenvalue weighted by molar-refractivity contribution is 5.86. The number of pyridine rings is 1. The largest absolute Gasteiger partial charge is 0.480 e. The predicted molar refractivity (Wildman–Crippen MR) is 112 cm³/mol. The summed E-state index contributed by atoms with van der Waals surface area (Å²) in [7, 11) is 1.74. The second kappa shape index (κ2) is 11.3. The van der Waals surface area contributed by atoms with Crippen LogP contribution in [0.15, 0.2) is 30.5 Å². The summed E-state index contributed by atoms with van der Waals surface area (Å²) in [6.45, 7) is 5.76. The molecule has 0 unspecified atom stereocenters. The fraction of sp³-hybridized carbons (Fsp3) is 0.300. The van der Waals surface area contributed by atoms with Gasteiger partial charge in [0.1, 0.15) is 12.4 Å². The molecule has 2 rings (SSSR count). The lowest BCUT2D eigenvalue weighted by molar-refractivity contribution is -0.141. The molecule has 0 aliphatic heterocycles. The van der Waals surface area contributed by atoms with Crippen molar-refractivity contribution < 1.29 is 14.7 Å². The van der Waals surface area contributed by atoms with E-state index < -0.39 is 5.97 Å². The predicted octanol–water partition coefficient (Wildman–Crippen LogP) is 3.24. The van der Waals surface area contributed by atoms with Crippen molar-refractivity contribution in [3.05, 3.63) is 47.2 Å². The number of carbonyl (C=O) groups excluding carboxylic acids is 1. The number of rotatable bonds is 9. The lowest BCUT2D eigenvalue weighted by Gasteiger charge is -2.19. The van der Waals surface area contributed by atoms with Gasteiger partial charge in [-0.3, -0.25) is 9.59 Å². The number of amides is 1. The quantitative estimate of drug-likeness (QED) is 0.389. The van der Waals surface area contributed by atoms with E-state index in [4.69, 9.17) is 10.5 Å². The van der Waals surface area contributed by atoms with Crippen LogP contribution >= 0.6 is 0 Å². The molecule has 0 radical (unpaired) electrons. The van der Waals surface area contributed by atoms with E-state index in [0.717, 1.165) is 22.5 Å². The van der Waals surface area contributed by atoms with E-state index in [1.165, 1.54) is 11.1 Å². The molecular weight excluding hydrogens is 358 g/mol. The summed E-state index contributed by atoms with van der Waals surface area (Å²) >= 11 is 0. The standard InChI is InChI=1S/C18H21N5O3.C2H6/c1-12-13(9-23(11-24)10-17(25)26)4-3-5-16(12)22-15-6-14(7-19)18(20-2)21-8-15;1-2/h3-8,11,19,22H,9-10H2,1-2H3,(H,20,21)(H,25,26);1-2H3. The molecule has 2 aromatic rings. The minimum Gasteiger partial charge on any atom is -0.480 e. The number of hydrogen-bond donors (Lipinski definition) is 4. The van der Waals surface area contributed by atoms with Crippen LogP contribution in [0.1, 0.15) is 30.5 Å². The Morgan fingerprint density at radius 3 is 2.64 bits per heavy atom. The number of anilines is 3. The van der Waals surface area contributed by atoms with Gasteiger partial charge in [-0.15, -0.1) is 0 Å². The normalized spacial score (nSPS) is 9.57. The smallest absolute Gasteiger partial charge is 0.323 e. The Kier molecular flexibility index (Phi) is 9.15. The first kappa shape index (κ1) is 22.6. The summed E-state index contributed by atoms with van der Waals surface area (Å²) in [6, 6.07) is 7.38. The Labute approximate surface area is 165 Å². The van der Waals surface area contributed by atoms with Crippen molar-refractivity contribution in [2.45, 2.75) is 27.3 Å². The Morgan fingerprint density at radius 1 is 1.36 bits per heavy atom. The summed E-state index contributed by atoms with van der Waals surface area (Å²) in [5.41, 5.74) is 3.94. The van der Waals surface area contributed by atoms with Crippen LogP contribution in [0, 0.1) is 12.3 Å². The molecule has 150 valence electrons. The molecule has 28 heavy (non-hydrogen) atoms. The molecule has 1 aromatic carbocycles. The molecule has 0 saturated heterocycles. The lowest BCUT2D eigenvalue weighted by Crippen LogP contribution is -2.28. The second-order valence-corrected chi connectivity index (χ2v) is 5.67. The molecule has 4 N–H and O–H groups in total. The van der Waals surface area contributed by atoms with Crippen molar-refractivity contribution in [1.82, 2.24) is 9.88 Å². The van der Waals surface area contributed by atoms with E-state index in [-0.39, 0.29) is 13.1 Å². The number of aliphatic carboxylic acids is 1. The second-order valence-electron chi connectivity index (χ2n) is 5.67. The van der Waals surface area contributed by atoms with E-state index >= 15 is 0 Å². The first-order chi connectivity index (χ1) is 13.5. The van der Waals surface area contributed by atoms with E-state index in [0.29, 0.717) is 17.8 Å². The van der Waals surface area contributed by atoms with Crippen LogP contribution < -0.4 is 10.6 Å². The number of carboxylic acid groups (broad SMARTS) is 1. The highest BCUT2D eigenvalue weighted by Gasteiger charge is 2.12. The number of nitrogens with one attached hydrogen (secondary N) is 3. The van der Waals surface area contributed by atoms with Gasteiger partial charge >= 0.3 is 5.97 Å². The maximum Gasteiger partial charge on any atom is 0.323 e. The van der Waals surface area contributed by atoms with E-state index in [1.807, 2.05) is 39.0 Å². The maximum absolute atomic E-state index is 11.1. The van der Waals surface area contributed by atoms with Crippen LogP contribution in [0.5, 0.6) is 0 Å². The SMILES string of the molecule is CC.CNc1ncc(Nc2cccc(CN(C=O)CC(=O)O)c2C)cc1C=N. The number of carboxylic acids is 1. The third-order valence-corrected chi connectivity index (χ3v) is 3.90. The first-order valence-corrected chi connectivity index (χ1v) is 8.93. The molecule has 0 spiro atoms. The van der Waals surface area contributed by atoms with Gasteiger partial charge in [0.15, 0.2) is 0 Å². The maximum atomic E-state index is 11.1. The van der Waals surface area contributed by atoms with E-state index in [2.05, 4.69) is 15.6 Å². The fourth-order valence-electron chi connectivity index (χ4n) is 2.54. The fourth-order valence-corrected chi connectivity index (χ4v) is 2.54. The Balaban J connectivity index is 0.00000190. The van der Waals surface area contributed by atoms with Gasteiger partial charge < -0.3 is 26.0 Å². The summed E-state index contributed by atoms with van der Waals surface area (Å²) in [6.07, 6.45) is 3.42. The lowest BCUT2D eigenvalue weighted by atomic mass is 10.1. The third kappa shape index (κ3) is 6.08. The van der Waals surface area contributed by atoms with Crippen LogP contribution in [-0.4, -0.2) is 47.2 Å². The molecule has 1 amide bonds. The average molecular weight is 385 g/mol. The number of benzene rings is 1. The minimum atomic E-state index is -1.06. The molecule has 8 heteroatoms. The van der Waals surface area contributed by atoms with Gasteiger partial charge in [0.05, 0.1) is 11.9 Å². The molecule has 1 aromatic heterocycles. The number of aromatic nitrogens is 1. The molecule has 8 nitrogen and oxygen atoms in total. The van der Waals surface area contributed by atoms with Crippen LogP contribution in [0.25, 0.3) is 0 Å². The molecule has 0 fully saturated rings. The Bertz CT molecular complexity index is 823. The topological polar surface area (TPSA) is 118 Å². The molecule has 0 aliphatic rings. The van der Waals surface area contributed by atoms with Crippen molar-refractivity contribution in [1.29, 1.82) is 5.41 Å². The van der Waals surface area contributed by atoms with Gasteiger partial charge in [0, 0.05) is 31.1 Å². The monoisotopic (exact) mass is 385 g/mol. The van der Waals surface area contributed by atoms with Gasteiger partial charge in [-0.05, 0) is 30.2 Å². The highest BCUT2D eigenvalue weighted by Crippen LogP contribution is 2.25. The number of hydrogen-bond acceptors (Lipinski definition) is 6.